The van der Waals surface area contributed by atoms with Crippen molar-refractivity contribution in [2.24, 2.45) is 0 Å². The van der Waals surface area contributed by atoms with E-state index in [0.717, 1.165) is 19.4 Å². The number of hydrogen-bond donors (Lipinski definition) is 0. The first-order valence-corrected chi connectivity index (χ1v) is 6.72. The summed E-state index contributed by atoms with van der Waals surface area (Å²) in [5.74, 6) is 0. The maximum absolute atomic E-state index is 11.5. The third-order valence-electron chi connectivity index (χ3n) is 2.13. The molecule has 1 heterocycles. The van der Waals surface area contributed by atoms with Crippen molar-refractivity contribution in [1.82, 2.24) is 0 Å². The first kappa shape index (κ1) is 10.2. The molecule has 0 aliphatic carbocycles. The van der Waals surface area contributed by atoms with Gasteiger partial charge in [-0.15, -0.1) is 0 Å². The molecule has 3 nitrogen and oxygen atoms in total. The first-order chi connectivity index (χ1) is 5.64. The first-order valence-electron chi connectivity index (χ1n) is 4.47. The molecule has 0 aromatic heterocycles. The SMILES string of the molecule is CCP(C)(=O)OCC1CCCO1. The van der Waals surface area contributed by atoms with Gasteiger partial charge in [0.2, 0.25) is 0 Å². The van der Waals surface area contributed by atoms with Crippen LogP contribution in [0.2, 0.25) is 0 Å². The lowest BCUT2D eigenvalue weighted by atomic mass is 10.2. The highest BCUT2D eigenvalue weighted by atomic mass is 31.2. The van der Waals surface area contributed by atoms with E-state index < -0.39 is 7.37 Å². The van der Waals surface area contributed by atoms with E-state index in [9.17, 15) is 4.57 Å². The van der Waals surface area contributed by atoms with Crippen molar-refractivity contribution >= 4 is 7.37 Å². The Kier molecular flexibility index (Phi) is 3.76. The summed E-state index contributed by atoms with van der Waals surface area (Å²) < 4.78 is 22.1. The molecule has 2 atom stereocenters. The molecule has 0 bridgehead atoms. The Hall–Kier alpha value is 0.150. The third-order valence-corrected chi connectivity index (χ3v) is 3.98. The average molecular weight is 192 g/mol. The van der Waals surface area contributed by atoms with Crippen molar-refractivity contribution in [3.8, 4) is 0 Å². The largest absolute Gasteiger partial charge is 0.376 e. The van der Waals surface area contributed by atoms with E-state index in [0.29, 0.717) is 12.8 Å². The van der Waals surface area contributed by atoms with Gasteiger partial charge < -0.3 is 9.26 Å². The Morgan fingerprint density at radius 2 is 2.42 bits per heavy atom. The van der Waals surface area contributed by atoms with Crippen LogP contribution < -0.4 is 0 Å². The van der Waals surface area contributed by atoms with E-state index >= 15 is 0 Å². The summed E-state index contributed by atoms with van der Waals surface area (Å²) >= 11 is 0. The Bertz CT molecular complexity index is 175. The fourth-order valence-electron chi connectivity index (χ4n) is 1.11. The monoisotopic (exact) mass is 192 g/mol. The standard InChI is InChI=1S/C8H17O3P/c1-3-12(2,9)11-7-8-5-4-6-10-8/h8H,3-7H2,1-2H3. The summed E-state index contributed by atoms with van der Waals surface area (Å²) in [4.78, 5) is 0. The molecule has 12 heavy (non-hydrogen) atoms. The Morgan fingerprint density at radius 1 is 1.67 bits per heavy atom. The molecule has 1 aliphatic rings. The summed E-state index contributed by atoms with van der Waals surface area (Å²) in [6.07, 6.45) is 2.95. The molecule has 1 fully saturated rings. The van der Waals surface area contributed by atoms with E-state index in [1.807, 2.05) is 6.92 Å². The second kappa shape index (κ2) is 4.40. The second-order valence-corrected chi connectivity index (χ2v) is 6.18. The Balaban J connectivity index is 2.20. The minimum Gasteiger partial charge on any atom is -0.376 e. The van der Waals surface area contributed by atoms with Crippen molar-refractivity contribution < 1.29 is 13.8 Å². The van der Waals surface area contributed by atoms with Crippen LogP contribution in [0.1, 0.15) is 19.8 Å². The molecule has 0 saturated carbocycles. The topological polar surface area (TPSA) is 35.5 Å². The second-order valence-electron chi connectivity index (χ2n) is 3.26. The summed E-state index contributed by atoms with van der Waals surface area (Å²) in [6, 6.07) is 0. The van der Waals surface area contributed by atoms with Gasteiger partial charge >= 0.3 is 0 Å². The molecule has 1 rings (SSSR count). The van der Waals surface area contributed by atoms with E-state index in [1.54, 1.807) is 6.66 Å². The molecule has 0 spiro atoms. The van der Waals surface area contributed by atoms with Gasteiger partial charge in [0.1, 0.15) is 0 Å². The lowest BCUT2D eigenvalue weighted by Crippen LogP contribution is -2.13. The van der Waals surface area contributed by atoms with Gasteiger partial charge in [-0.3, -0.25) is 4.57 Å². The minimum absolute atomic E-state index is 0.185. The van der Waals surface area contributed by atoms with Crippen LogP contribution in [0.25, 0.3) is 0 Å². The highest BCUT2D eigenvalue weighted by Crippen LogP contribution is 2.42. The molecule has 0 amide bonds. The van der Waals surface area contributed by atoms with Gasteiger partial charge in [0.25, 0.3) is 0 Å². The van der Waals surface area contributed by atoms with Crippen LogP contribution in [0.4, 0.5) is 0 Å². The lowest BCUT2D eigenvalue weighted by Gasteiger charge is -2.14. The number of rotatable bonds is 4. The predicted octanol–water partition coefficient (Wildman–Crippen LogP) is 2.11. The molecule has 0 N–H and O–H groups in total. The van der Waals surface area contributed by atoms with Crippen LogP contribution in [0, 0.1) is 0 Å². The molecular weight excluding hydrogens is 175 g/mol. The van der Waals surface area contributed by atoms with Gasteiger partial charge in [-0.25, -0.2) is 0 Å². The van der Waals surface area contributed by atoms with Crippen LogP contribution >= 0.6 is 7.37 Å². The van der Waals surface area contributed by atoms with Crippen molar-refractivity contribution in [2.75, 3.05) is 26.0 Å². The van der Waals surface area contributed by atoms with E-state index in [1.165, 1.54) is 0 Å². The quantitative estimate of drug-likeness (QED) is 0.640. The molecular formula is C8H17O3P. The maximum Gasteiger partial charge on any atom is 0.200 e. The predicted molar refractivity (Wildman–Crippen MR) is 49.0 cm³/mol. The fourth-order valence-corrected chi connectivity index (χ4v) is 1.77. The van der Waals surface area contributed by atoms with Crippen molar-refractivity contribution in [3.63, 3.8) is 0 Å². The summed E-state index contributed by atoms with van der Waals surface area (Å²) in [5, 5.41) is 0. The molecule has 0 aromatic carbocycles. The average Bonchev–Trinajstić information content (AvgIpc) is 2.53. The summed E-state index contributed by atoms with van der Waals surface area (Å²) in [7, 11) is -2.31. The zero-order valence-electron chi connectivity index (χ0n) is 7.78. The number of ether oxygens (including phenoxy) is 1. The van der Waals surface area contributed by atoms with Gasteiger partial charge in [0.15, 0.2) is 7.37 Å². The highest BCUT2D eigenvalue weighted by molar-refractivity contribution is 7.58. The minimum atomic E-state index is -2.31. The van der Waals surface area contributed by atoms with Crippen molar-refractivity contribution in [3.05, 3.63) is 0 Å². The van der Waals surface area contributed by atoms with Crippen molar-refractivity contribution in [1.29, 1.82) is 0 Å². The van der Waals surface area contributed by atoms with Crippen molar-refractivity contribution in [2.45, 2.75) is 25.9 Å². The van der Waals surface area contributed by atoms with Gasteiger partial charge in [0.05, 0.1) is 12.7 Å². The van der Waals surface area contributed by atoms with Crippen LogP contribution in [-0.2, 0) is 13.8 Å². The van der Waals surface area contributed by atoms with Crippen LogP contribution in [0.15, 0.2) is 0 Å². The zero-order valence-corrected chi connectivity index (χ0v) is 8.68. The normalized spacial score (nSPS) is 28.7. The fraction of sp³-hybridized carbons (Fsp3) is 1.00. The lowest BCUT2D eigenvalue weighted by molar-refractivity contribution is 0.0692. The van der Waals surface area contributed by atoms with E-state index in [4.69, 9.17) is 9.26 Å². The highest BCUT2D eigenvalue weighted by Gasteiger charge is 2.20. The third kappa shape index (κ3) is 3.26. The molecule has 4 heteroatoms. The molecule has 2 unspecified atom stereocenters. The molecule has 1 aliphatic heterocycles. The Morgan fingerprint density at radius 3 is 2.92 bits per heavy atom. The Labute approximate surface area is 73.9 Å². The zero-order chi connectivity index (χ0) is 9.03. The molecule has 72 valence electrons. The van der Waals surface area contributed by atoms with E-state index in [-0.39, 0.29) is 6.10 Å². The van der Waals surface area contributed by atoms with E-state index in [2.05, 4.69) is 0 Å². The van der Waals surface area contributed by atoms with Crippen LogP contribution in [0.3, 0.4) is 0 Å². The van der Waals surface area contributed by atoms with Gasteiger partial charge in [0, 0.05) is 19.4 Å². The summed E-state index contributed by atoms with van der Waals surface area (Å²) in [5.41, 5.74) is 0. The molecule has 0 radical (unpaired) electrons. The molecule has 1 saturated heterocycles. The van der Waals surface area contributed by atoms with Crippen LogP contribution in [-0.4, -0.2) is 32.1 Å². The smallest absolute Gasteiger partial charge is 0.200 e. The maximum atomic E-state index is 11.5. The molecule has 0 aromatic rings. The van der Waals surface area contributed by atoms with Gasteiger partial charge in [-0.2, -0.15) is 0 Å². The van der Waals surface area contributed by atoms with Gasteiger partial charge in [-0.1, -0.05) is 6.92 Å². The summed E-state index contributed by atoms with van der Waals surface area (Å²) in [6.45, 7) is 4.90. The van der Waals surface area contributed by atoms with Crippen LogP contribution in [0.5, 0.6) is 0 Å². The van der Waals surface area contributed by atoms with Gasteiger partial charge in [-0.05, 0) is 12.8 Å². The number of hydrogen-bond acceptors (Lipinski definition) is 3.